The summed E-state index contributed by atoms with van der Waals surface area (Å²) in [6, 6.07) is 1.37. The molecule has 0 aromatic carbocycles. The van der Waals surface area contributed by atoms with Gasteiger partial charge in [-0.2, -0.15) is 0 Å². The highest BCUT2D eigenvalue weighted by atomic mass is 15.1. The summed E-state index contributed by atoms with van der Waals surface area (Å²) in [4.78, 5) is 2.51. The predicted molar refractivity (Wildman–Crippen MR) is 81.0 cm³/mol. The predicted octanol–water partition coefficient (Wildman–Crippen LogP) is 3.67. The lowest BCUT2D eigenvalue weighted by molar-refractivity contribution is 0.254. The van der Waals surface area contributed by atoms with E-state index in [-0.39, 0.29) is 0 Å². The topological polar surface area (TPSA) is 15.3 Å². The summed E-state index contributed by atoms with van der Waals surface area (Å²) in [5.74, 6) is 0. The monoisotopic (exact) mass is 254 g/mol. The Labute approximate surface area is 115 Å². The Balaban J connectivity index is 2.33. The van der Waals surface area contributed by atoms with E-state index >= 15 is 0 Å². The largest absolute Gasteiger partial charge is 0.310 e. The molecule has 1 rings (SSSR count). The van der Waals surface area contributed by atoms with Crippen LogP contribution in [0.15, 0.2) is 0 Å². The zero-order valence-electron chi connectivity index (χ0n) is 13.3. The van der Waals surface area contributed by atoms with Gasteiger partial charge in [-0.3, -0.25) is 0 Å². The fourth-order valence-corrected chi connectivity index (χ4v) is 3.15. The van der Waals surface area contributed by atoms with Gasteiger partial charge in [-0.25, -0.2) is 0 Å². The fraction of sp³-hybridized carbons (Fsp3) is 1.00. The Morgan fingerprint density at radius 2 is 1.83 bits per heavy atom. The van der Waals surface area contributed by atoms with Crippen molar-refractivity contribution in [2.45, 2.75) is 78.8 Å². The third-order valence-corrected chi connectivity index (χ3v) is 4.52. The zero-order valence-corrected chi connectivity index (χ0v) is 13.3. The van der Waals surface area contributed by atoms with Crippen molar-refractivity contribution in [1.82, 2.24) is 10.2 Å². The van der Waals surface area contributed by atoms with Crippen LogP contribution in [0, 0.1) is 5.41 Å². The Kier molecular flexibility index (Phi) is 6.65. The number of nitrogens with one attached hydrogen (secondary N) is 1. The molecule has 2 unspecified atom stereocenters. The van der Waals surface area contributed by atoms with Gasteiger partial charge >= 0.3 is 0 Å². The van der Waals surface area contributed by atoms with Crippen molar-refractivity contribution < 1.29 is 0 Å². The average Bonchev–Trinajstić information content (AvgIpc) is 2.48. The standard InChI is InChI=1S/C16H34N2/c1-6-18(7-2)13-14(3)17-15-9-8-11-16(4,5)12-10-15/h14-15,17H,6-13H2,1-5H3. The first-order valence-corrected chi connectivity index (χ1v) is 7.95. The van der Waals surface area contributed by atoms with Gasteiger partial charge in [0, 0.05) is 18.6 Å². The number of hydrogen-bond acceptors (Lipinski definition) is 2. The summed E-state index contributed by atoms with van der Waals surface area (Å²) in [5.41, 5.74) is 0.568. The Hall–Kier alpha value is -0.0800. The first-order valence-electron chi connectivity index (χ1n) is 7.95. The molecule has 2 nitrogen and oxygen atoms in total. The normalized spacial score (nSPS) is 26.0. The Bertz CT molecular complexity index is 221. The minimum absolute atomic E-state index is 0.568. The van der Waals surface area contributed by atoms with Crippen molar-refractivity contribution in [3.05, 3.63) is 0 Å². The Morgan fingerprint density at radius 1 is 1.17 bits per heavy atom. The highest BCUT2D eigenvalue weighted by Gasteiger charge is 2.24. The molecule has 1 aliphatic rings. The van der Waals surface area contributed by atoms with Crippen LogP contribution < -0.4 is 5.32 Å². The van der Waals surface area contributed by atoms with Crippen molar-refractivity contribution in [2.75, 3.05) is 19.6 Å². The molecule has 0 spiro atoms. The minimum Gasteiger partial charge on any atom is -0.310 e. The maximum absolute atomic E-state index is 3.85. The summed E-state index contributed by atoms with van der Waals surface area (Å²) in [6.07, 6.45) is 6.89. The van der Waals surface area contributed by atoms with Crippen LogP contribution in [0.2, 0.25) is 0 Å². The Morgan fingerprint density at radius 3 is 2.44 bits per heavy atom. The lowest BCUT2D eigenvalue weighted by Gasteiger charge is -2.27. The summed E-state index contributed by atoms with van der Waals surface area (Å²) in [5, 5.41) is 3.85. The number of hydrogen-bond donors (Lipinski definition) is 1. The first-order chi connectivity index (χ1) is 8.46. The van der Waals surface area contributed by atoms with Crippen molar-refractivity contribution in [3.63, 3.8) is 0 Å². The van der Waals surface area contributed by atoms with E-state index in [1.54, 1.807) is 0 Å². The van der Waals surface area contributed by atoms with E-state index in [0.29, 0.717) is 11.5 Å². The molecule has 0 heterocycles. The van der Waals surface area contributed by atoms with Crippen LogP contribution in [0.4, 0.5) is 0 Å². The second-order valence-electron chi connectivity index (χ2n) is 6.85. The van der Waals surface area contributed by atoms with Gasteiger partial charge in [0.25, 0.3) is 0 Å². The van der Waals surface area contributed by atoms with Crippen molar-refractivity contribution in [3.8, 4) is 0 Å². The van der Waals surface area contributed by atoms with Gasteiger partial charge in [0.05, 0.1) is 0 Å². The molecule has 2 heteroatoms. The summed E-state index contributed by atoms with van der Waals surface area (Å²) in [6.45, 7) is 15.2. The molecular formula is C16H34N2. The summed E-state index contributed by atoms with van der Waals surface area (Å²) < 4.78 is 0. The number of likely N-dealkylation sites (N-methyl/N-ethyl adjacent to an activating group) is 1. The molecule has 0 aromatic heterocycles. The molecule has 0 aliphatic heterocycles. The maximum atomic E-state index is 3.85. The lowest BCUT2D eigenvalue weighted by Crippen LogP contribution is -2.43. The quantitative estimate of drug-likeness (QED) is 0.728. The maximum Gasteiger partial charge on any atom is 0.0169 e. The van der Waals surface area contributed by atoms with Crippen molar-refractivity contribution in [2.24, 2.45) is 5.41 Å². The number of nitrogens with zero attached hydrogens (tertiary/aromatic N) is 1. The van der Waals surface area contributed by atoms with Crippen LogP contribution in [0.5, 0.6) is 0 Å². The van der Waals surface area contributed by atoms with Gasteiger partial charge in [-0.1, -0.05) is 34.1 Å². The van der Waals surface area contributed by atoms with E-state index in [4.69, 9.17) is 0 Å². The molecule has 0 radical (unpaired) electrons. The molecule has 0 amide bonds. The van der Waals surface area contributed by atoms with Crippen molar-refractivity contribution in [1.29, 1.82) is 0 Å². The molecule has 18 heavy (non-hydrogen) atoms. The van der Waals surface area contributed by atoms with Gasteiger partial charge in [0.2, 0.25) is 0 Å². The molecule has 1 fully saturated rings. The van der Waals surface area contributed by atoms with Crippen LogP contribution >= 0.6 is 0 Å². The highest BCUT2D eigenvalue weighted by Crippen LogP contribution is 2.33. The molecule has 0 aromatic rings. The molecule has 108 valence electrons. The molecule has 1 saturated carbocycles. The average molecular weight is 254 g/mol. The lowest BCUT2D eigenvalue weighted by atomic mass is 9.85. The van der Waals surface area contributed by atoms with E-state index in [1.807, 2.05) is 0 Å². The molecule has 1 aliphatic carbocycles. The van der Waals surface area contributed by atoms with E-state index in [1.165, 1.54) is 51.7 Å². The molecule has 1 N–H and O–H groups in total. The second kappa shape index (κ2) is 7.49. The smallest absolute Gasteiger partial charge is 0.0169 e. The van der Waals surface area contributed by atoms with Gasteiger partial charge < -0.3 is 10.2 Å². The van der Waals surface area contributed by atoms with Crippen LogP contribution in [-0.4, -0.2) is 36.6 Å². The number of rotatable bonds is 6. The molecule has 0 bridgehead atoms. The summed E-state index contributed by atoms with van der Waals surface area (Å²) >= 11 is 0. The van der Waals surface area contributed by atoms with Crippen LogP contribution in [-0.2, 0) is 0 Å². The van der Waals surface area contributed by atoms with Gasteiger partial charge in [0.1, 0.15) is 0 Å². The van der Waals surface area contributed by atoms with E-state index in [2.05, 4.69) is 44.8 Å². The van der Waals surface area contributed by atoms with Crippen LogP contribution in [0.3, 0.4) is 0 Å². The summed E-state index contributed by atoms with van der Waals surface area (Å²) in [7, 11) is 0. The SMILES string of the molecule is CCN(CC)CC(C)NC1CCCC(C)(C)CC1. The fourth-order valence-electron chi connectivity index (χ4n) is 3.15. The van der Waals surface area contributed by atoms with Gasteiger partial charge in [0.15, 0.2) is 0 Å². The first kappa shape index (κ1) is 16.0. The second-order valence-corrected chi connectivity index (χ2v) is 6.85. The minimum atomic E-state index is 0.568. The molecular weight excluding hydrogens is 220 g/mol. The van der Waals surface area contributed by atoms with Crippen molar-refractivity contribution >= 4 is 0 Å². The van der Waals surface area contributed by atoms with Gasteiger partial charge in [-0.05, 0) is 51.1 Å². The van der Waals surface area contributed by atoms with Gasteiger partial charge in [-0.15, -0.1) is 0 Å². The van der Waals surface area contributed by atoms with E-state index in [0.717, 1.165) is 6.04 Å². The van der Waals surface area contributed by atoms with Crippen LogP contribution in [0.1, 0.15) is 66.7 Å². The third-order valence-electron chi connectivity index (χ3n) is 4.52. The van der Waals surface area contributed by atoms with E-state index < -0.39 is 0 Å². The highest BCUT2D eigenvalue weighted by molar-refractivity contribution is 4.81. The van der Waals surface area contributed by atoms with Crippen LogP contribution in [0.25, 0.3) is 0 Å². The van der Waals surface area contributed by atoms with E-state index in [9.17, 15) is 0 Å². The molecule has 2 atom stereocenters. The third kappa shape index (κ3) is 5.71. The zero-order chi connectivity index (χ0) is 13.6. The molecule has 0 saturated heterocycles.